The first-order chi connectivity index (χ1) is 8.20. The average molecular weight is 255 g/mol. The van der Waals surface area contributed by atoms with E-state index in [0.29, 0.717) is 36.6 Å². The molecule has 2 rings (SSSR count). The molecule has 3 heteroatoms. The molecule has 0 aromatic carbocycles. The smallest absolute Gasteiger partial charge is 0.102 e. The van der Waals surface area contributed by atoms with E-state index in [-0.39, 0.29) is 0 Å². The van der Waals surface area contributed by atoms with Gasteiger partial charge in [-0.2, -0.15) is 0 Å². The van der Waals surface area contributed by atoms with E-state index in [1.807, 2.05) is 0 Å². The SMILES string of the molecule is CC1(C)CC(NCC2(O)CCOC2)CC(C)(C)C1. The Labute approximate surface area is 111 Å². The van der Waals surface area contributed by atoms with Crippen LogP contribution in [0, 0.1) is 10.8 Å². The second-order valence-electron chi connectivity index (χ2n) is 8.02. The molecule has 1 unspecified atom stereocenters. The molecule has 0 radical (unpaired) electrons. The molecule has 0 aromatic heterocycles. The summed E-state index contributed by atoms with van der Waals surface area (Å²) in [6.45, 7) is 11.3. The Kier molecular flexibility index (Phi) is 3.79. The summed E-state index contributed by atoms with van der Waals surface area (Å²) < 4.78 is 5.29. The van der Waals surface area contributed by atoms with Crippen molar-refractivity contribution in [2.75, 3.05) is 19.8 Å². The van der Waals surface area contributed by atoms with Crippen LogP contribution in [0.25, 0.3) is 0 Å². The lowest BCUT2D eigenvalue weighted by molar-refractivity contribution is 0.0148. The third-order valence-electron chi connectivity index (χ3n) is 4.36. The second-order valence-corrected chi connectivity index (χ2v) is 8.02. The molecule has 0 bridgehead atoms. The van der Waals surface area contributed by atoms with Gasteiger partial charge in [-0.3, -0.25) is 0 Å². The Balaban J connectivity index is 1.89. The van der Waals surface area contributed by atoms with Crippen LogP contribution >= 0.6 is 0 Å². The molecule has 18 heavy (non-hydrogen) atoms. The van der Waals surface area contributed by atoms with Gasteiger partial charge in [-0.1, -0.05) is 27.7 Å². The van der Waals surface area contributed by atoms with Crippen molar-refractivity contribution in [3.63, 3.8) is 0 Å². The molecule has 1 saturated heterocycles. The van der Waals surface area contributed by atoms with E-state index in [4.69, 9.17) is 4.74 Å². The molecular weight excluding hydrogens is 226 g/mol. The Morgan fingerprint density at radius 2 is 1.78 bits per heavy atom. The van der Waals surface area contributed by atoms with Crippen molar-refractivity contribution >= 4 is 0 Å². The summed E-state index contributed by atoms with van der Waals surface area (Å²) >= 11 is 0. The van der Waals surface area contributed by atoms with E-state index in [9.17, 15) is 5.11 Å². The van der Waals surface area contributed by atoms with Crippen LogP contribution in [0.3, 0.4) is 0 Å². The lowest BCUT2D eigenvalue weighted by atomic mass is 9.63. The third kappa shape index (κ3) is 3.69. The van der Waals surface area contributed by atoms with Crippen molar-refractivity contribution < 1.29 is 9.84 Å². The van der Waals surface area contributed by atoms with Gasteiger partial charge in [-0.05, 0) is 30.1 Å². The molecule has 2 aliphatic rings. The zero-order chi connectivity index (χ0) is 13.4. The molecule has 2 N–H and O–H groups in total. The number of ether oxygens (including phenoxy) is 1. The van der Waals surface area contributed by atoms with Gasteiger partial charge in [0.15, 0.2) is 0 Å². The molecule has 0 aromatic rings. The van der Waals surface area contributed by atoms with Gasteiger partial charge in [0.25, 0.3) is 0 Å². The molecule has 1 aliphatic carbocycles. The Morgan fingerprint density at radius 3 is 2.28 bits per heavy atom. The van der Waals surface area contributed by atoms with Gasteiger partial charge in [-0.25, -0.2) is 0 Å². The Bertz CT molecular complexity index is 277. The van der Waals surface area contributed by atoms with Crippen LogP contribution in [-0.4, -0.2) is 36.5 Å². The molecule has 3 nitrogen and oxygen atoms in total. The molecule has 1 atom stereocenters. The minimum Gasteiger partial charge on any atom is -0.386 e. The largest absolute Gasteiger partial charge is 0.386 e. The molecule has 2 fully saturated rings. The lowest BCUT2D eigenvalue weighted by Crippen LogP contribution is -2.49. The zero-order valence-electron chi connectivity index (χ0n) is 12.4. The number of nitrogens with one attached hydrogen (secondary N) is 1. The fourth-order valence-corrected chi connectivity index (χ4v) is 4.06. The van der Waals surface area contributed by atoms with Crippen molar-refractivity contribution in [2.45, 2.75) is 65.0 Å². The summed E-state index contributed by atoms with van der Waals surface area (Å²) in [6.07, 6.45) is 4.45. The first-order valence-electron chi connectivity index (χ1n) is 7.23. The topological polar surface area (TPSA) is 41.5 Å². The van der Waals surface area contributed by atoms with E-state index in [1.54, 1.807) is 0 Å². The summed E-state index contributed by atoms with van der Waals surface area (Å²) in [6, 6.07) is 0.522. The summed E-state index contributed by atoms with van der Waals surface area (Å²) in [7, 11) is 0. The van der Waals surface area contributed by atoms with Gasteiger partial charge in [0.2, 0.25) is 0 Å². The maximum Gasteiger partial charge on any atom is 0.102 e. The monoisotopic (exact) mass is 255 g/mol. The normalized spacial score (nSPS) is 35.8. The highest BCUT2D eigenvalue weighted by molar-refractivity contribution is 4.94. The molecule has 106 valence electrons. The van der Waals surface area contributed by atoms with Crippen molar-refractivity contribution in [1.29, 1.82) is 0 Å². The zero-order valence-corrected chi connectivity index (χ0v) is 12.4. The predicted octanol–water partition coefficient (Wildman–Crippen LogP) is 2.33. The molecule has 1 aliphatic heterocycles. The number of hydrogen-bond acceptors (Lipinski definition) is 3. The quantitative estimate of drug-likeness (QED) is 0.813. The molecule has 1 saturated carbocycles. The number of rotatable bonds is 3. The molecule has 0 spiro atoms. The standard InChI is InChI=1S/C15H29NO2/c1-13(2)7-12(8-14(3,4)9-13)16-10-15(17)5-6-18-11-15/h12,16-17H,5-11H2,1-4H3. The molecular formula is C15H29NO2. The van der Waals surface area contributed by atoms with Gasteiger partial charge in [0.1, 0.15) is 5.60 Å². The van der Waals surface area contributed by atoms with Crippen molar-refractivity contribution in [3.8, 4) is 0 Å². The van der Waals surface area contributed by atoms with Crippen LogP contribution in [0.1, 0.15) is 53.4 Å². The van der Waals surface area contributed by atoms with E-state index >= 15 is 0 Å². The van der Waals surface area contributed by atoms with Crippen LogP contribution < -0.4 is 5.32 Å². The summed E-state index contributed by atoms with van der Waals surface area (Å²) in [5.41, 5.74) is 0.161. The predicted molar refractivity (Wildman–Crippen MR) is 73.6 cm³/mol. The summed E-state index contributed by atoms with van der Waals surface area (Å²) in [4.78, 5) is 0. The number of hydrogen-bond donors (Lipinski definition) is 2. The maximum absolute atomic E-state index is 10.3. The van der Waals surface area contributed by atoms with E-state index in [0.717, 1.165) is 6.42 Å². The third-order valence-corrected chi connectivity index (χ3v) is 4.36. The molecule has 0 amide bonds. The average Bonchev–Trinajstić information content (AvgIpc) is 2.58. The van der Waals surface area contributed by atoms with E-state index in [2.05, 4.69) is 33.0 Å². The van der Waals surface area contributed by atoms with Gasteiger partial charge in [0.05, 0.1) is 6.61 Å². The van der Waals surface area contributed by atoms with Crippen LogP contribution in [0.5, 0.6) is 0 Å². The van der Waals surface area contributed by atoms with Crippen molar-refractivity contribution in [3.05, 3.63) is 0 Å². The van der Waals surface area contributed by atoms with E-state index < -0.39 is 5.60 Å². The summed E-state index contributed by atoms with van der Waals surface area (Å²) in [5.74, 6) is 0. The van der Waals surface area contributed by atoms with Gasteiger partial charge >= 0.3 is 0 Å². The van der Waals surface area contributed by atoms with Crippen LogP contribution in [0.4, 0.5) is 0 Å². The fourth-order valence-electron chi connectivity index (χ4n) is 4.06. The minimum absolute atomic E-state index is 0.397. The highest BCUT2D eigenvalue weighted by Crippen LogP contribution is 2.45. The van der Waals surface area contributed by atoms with Gasteiger partial charge < -0.3 is 15.2 Å². The Morgan fingerprint density at radius 1 is 1.17 bits per heavy atom. The van der Waals surface area contributed by atoms with Crippen molar-refractivity contribution in [2.24, 2.45) is 10.8 Å². The highest BCUT2D eigenvalue weighted by Gasteiger charge is 2.39. The minimum atomic E-state index is -0.633. The molecule has 1 heterocycles. The number of aliphatic hydroxyl groups is 1. The first-order valence-corrected chi connectivity index (χ1v) is 7.23. The fraction of sp³-hybridized carbons (Fsp3) is 1.00. The Hall–Kier alpha value is -0.120. The first kappa shape index (κ1) is 14.3. The van der Waals surface area contributed by atoms with Gasteiger partial charge in [0, 0.05) is 25.6 Å². The lowest BCUT2D eigenvalue weighted by Gasteiger charge is -2.45. The second kappa shape index (κ2) is 4.77. The van der Waals surface area contributed by atoms with Crippen LogP contribution in [0.15, 0.2) is 0 Å². The summed E-state index contributed by atoms with van der Waals surface area (Å²) in [5, 5.41) is 13.9. The van der Waals surface area contributed by atoms with E-state index in [1.165, 1.54) is 19.3 Å². The van der Waals surface area contributed by atoms with Crippen molar-refractivity contribution in [1.82, 2.24) is 5.32 Å². The maximum atomic E-state index is 10.3. The van der Waals surface area contributed by atoms with Crippen LogP contribution in [0.2, 0.25) is 0 Å². The highest BCUT2D eigenvalue weighted by atomic mass is 16.5. The van der Waals surface area contributed by atoms with Crippen LogP contribution in [-0.2, 0) is 4.74 Å². The van der Waals surface area contributed by atoms with Gasteiger partial charge in [-0.15, -0.1) is 0 Å².